The van der Waals surface area contributed by atoms with E-state index in [1.165, 1.54) is 0 Å². The van der Waals surface area contributed by atoms with E-state index in [1.54, 1.807) is 12.1 Å². The van der Waals surface area contributed by atoms with Crippen LogP contribution in [-0.4, -0.2) is 27.3 Å². The molecule has 0 spiro atoms. The zero-order chi connectivity index (χ0) is 19.4. The number of phenolic OH excluding ortho intramolecular Hbond substituents is 1. The Morgan fingerprint density at radius 1 is 1.11 bits per heavy atom. The summed E-state index contributed by atoms with van der Waals surface area (Å²) < 4.78 is 0. The Morgan fingerprint density at radius 3 is 2.48 bits per heavy atom. The lowest BCUT2D eigenvalue weighted by atomic mass is 9.88. The van der Waals surface area contributed by atoms with Crippen molar-refractivity contribution in [3.8, 4) is 5.75 Å². The maximum absolute atomic E-state index is 9.79. The summed E-state index contributed by atoms with van der Waals surface area (Å²) in [5.74, 6) is 1.97. The third kappa shape index (κ3) is 4.30. The van der Waals surface area contributed by atoms with E-state index in [-0.39, 0.29) is 11.3 Å². The molecule has 1 aliphatic rings. The second kappa shape index (κ2) is 7.82. The zero-order valence-corrected chi connectivity index (χ0v) is 16.3. The van der Waals surface area contributed by atoms with Gasteiger partial charge in [-0.15, -0.1) is 0 Å². The van der Waals surface area contributed by atoms with Crippen molar-refractivity contribution >= 4 is 11.8 Å². The van der Waals surface area contributed by atoms with Gasteiger partial charge in [-0.1, -0.05) is 56.3 Å². The molecule has 3 N–H and O–H groups in total. The molecule has 5 nitrogen and oxygen atoms in total. The number of guanidine groups is 1. The summed E-state index contributed by atoms with van der Waals surface area (Å²) in [7, 11) is 0. The number of hydrogen-bond acceptors (Lipinski definition) is 4. The maximum Gasteiger partial charge on any atom is 0.198 e. The lowest BCUT2D eigenvalue weighted by Gasteiger charge is -2.37. The zero-order valence-electron chi connectivity index (χ0n) is 16.3. The molecule has 27 heavy (non-hydrogen) atoms. The van der Waals surface area contributed by atoms with Crippen LogP contribution >= 0.6 is 0 Å². The van der Waals surface area contributed by atoms with Crippen molar-refractivity contribution < 1.29 is 5.11 Å². The Bertz CT molecular complexity index is 844. The fraction of sp³-hybridized carbons (Fsp3) is 0.364. The Kier molecular flexibility index (Phi) is 5.49. The Morgan fingerprint density at radius 2 is 1.81 bits per heavy atom. The summed E-state index contributed by atoms with van der Waals surface area (Å²) in [6.07, 6.45) is 0.892. The minimum Gasteiger partial charge on any atom is -0.508 e. The van der Waals surface area contributed by atoms with E-state index in [0.29, 0.717) is 25.0 Å². The molecule has 0 radical (unpaired) electrons. The Labute approximate surface area is 161 Å². The summed E-state index contributed by atoms with van der Waals surface area (Å²) in [4.78, 5) is 11.5. The van der Waals surface area contributed by atoms with E-state index in [1.807, 2.05) is 30.3 Å². The van der Waals surface area contributed by atoms with Gasteiger partial charge in [0.05, 0.1) is 6.54 Å². The van der Waals surface area contributed by atoms with Crippen LogP contribution in [0, 0.1) is 5.92 Å². The van der Waals surface area contributed by atoms with Gasteiger partial charge in [-0.2, -0.15) is 4.99 Å². The highest BCUT2D eigenvalue weighted by Gasteiger charge is 2.44. The number of benzene rings is 2. The molecule has 0 aromatic heterocycles. The van der Waals surface area contributed by atoms with E-state index < -0.39 is 0 Å². The molecule has 0 saturated carbocycles. The molecule has 1 aliphatic heterocycles. The van der Waals surface area contributed by atoms with Crippen LogP contribution in [0.1, 0.15) is 38.3 Å². The molecule has 0 aliphatic carbocycles. The van der Waals surface area contributed by atoms with E-state index in [2.05, 4.69) is 42.8 Å². The molecule has 0 saturated heterocycles. The third-order valence-corrected chi connectivity index (χ3v) is 4.89. The minimum atomic E-state index is -0.376. The average molecular weight is 364 g/mol. The van der Waals surface area contributed by atoms with Gasteiger partial charge < -0.3 is 15.7 Å². The lowest BCUT2D eigenvalue weighted by molar-refractivity contribution is 0.232. The highest BCUT2D eigenvalue weighted by molar-refractivity contribution is 6.07. The van der Waals surface area contributed by atoms with E-state index in [9.17, 15) is 5.11 Å². The number of aromatic hydroxyl groups is 1. The largest absolute Gasteiger partial charge is 0.508 e. The van der Waals surface area contributed by atoms with Gasteiger partial charge in [0.2, 0.25) is 0 Å². The number of aliphatic imine (C=N–C) groups is 2. The molecule has 1 heterocycles. The first-order valence-corrected chi connectivity index (χ1v) is 9.37. The smallest absolute Gasteiger partial charge is 0.198 e. The molecule has 1 unspecified atom stereocenters. The van der Waals surface area contributed by atoms with Gasteiger partial charge in [-0.25, -0.2) is 0 Å². The molecule has 0 fully saturated rings. The van der Waals surface area contributed by atoms with Crippen LogP contribution in [0.25, 0.3) is 0 Å². The van der Waals surface area contributed by atoms with Gasteiger partial charge in [-0.05, 0) is 42.5 Å². The number of amidine groups is 1. The van der Waals surface area contributed by atoms with E-state index in [4.69, 9.17) is 10.7 Å². The van der Waals surface area contributed by atoms with Crippen molar-refractivity contribution in [1.82, 2.24) is 4.90 Å². The second-order valence-corrected chi connectivity index (χ2v) is 7.72. The summed E-state index contributed by atoms with van der Waals surface area (Å²) >= 11 is 0. The Hall–Kier alpha value is -2.82. The summed E-state index contributed by atoms with van der Waals surface area (Å²) in [5, 5.41) is 9.79. The first kappa shape index (κ1) is 19.0. The van der Waals surface area contributed by atoms with Gasteiger partial charge in [-0.3, -0.25) is 4.99 Å². The monoisotopic (exact) mass is 364 g/mol. The average Bonchev–Trinajstić information content (AvgIpc) is 2.84. The normalized spacial score (nSPS) is 21.1. The van der Waals surface area contributed by atoms with Crippen molar-refractivity contribution in [1.29, 1.82) is 0 Å². The van der Waals surface area contributed by atoms with Crippen molar-refractivity contribution in [2.75, 3.05) is 0 Å². The summed E-state index contributed by atoms with van der Waals surface area (Å²) in [6, 6.07) is 17.4. The van der Waals surface area contributed by atoms with Crippen molar-refractivity contribution in [2.24, 2.45) is 21.6 Å². The van der Waals surface area contributed by atoms with Crippen molar-refractivity contribution in [3.05, 3.63) is 65.7 Å². The molecule has 1 atom stereocenters. The fourth-order valence-electron chi connectivity index (χ4n) is 3.71. The summed E-state index contributed by atoms with van der Waals surface area (Å²) in [6.45, 7) is 7.71. The molecule has 3 rings (SSSR count). The number of nitrogens with zero attached hydrogens (tertiary/aromatic N) is 3. The number of rotatable bonds is 6. The minimum absolute atomic E-state index is 0.255. The molecular weight excluding hydrogens is 336 g/mol. The molecule has 5 heteroatoms. The van der Waals surface area contributed by atoms with Crippen LogP contribution in [0.4, 0.5) is 0 Å². The predicted molar refractivity (Wildman–Crippen MR) is 111 cm³/mol. The highest BCUT2D eigenvalue weighted by atomic mass is 16.3. The molecule has 142 valence electrons. The lowest BCUT2D eigenvalue weighted by Crippen LogP contribution is -2.51. The number of hydrogen-bond donors (Lipinski definition) is 2. The SMILES string of the molecule is CC(C)CC1(C)C(=NCc2ccccc2)N=C(N)N1Cc1cccc(O)c1. The predicted octanol–water partition coefficient (Wildman–Crippen LogP) is 3.93. The van der Waals surface area contributed by atoms with Gasteiger partial charge in [0.25, 0.3) is 0 Å². The van der Waals surface area contributed by atoms with Gasteiger partial charge >= 0.3 is 0 Å². The molecular formula is C22H28N4O. The fourth-order valence-corrected chi connectivity index (χ4v) is 3.71. The number of nitrogens with two attached hydrogens (primary N) is 1. The molecule has 0 bridgehead atoms. The van der Waals surface area contributed by atoms with Gasteiger partial charge in [0.15, 0.2) is 11.8 Å². The van der Waals surface area contributed by atoms with E-state index >= 15 is 0 Å². The van der Waals surface area contributed by atoms with Crippen molar-refractivity contribution in [2.45, 2.75) is 45.8 Å². The van der Waals surface area contributed by atoms with Crippen LogP contribution in [-0.2, 0) is 13.1 Å². The van der Waals surface area contributed by atoms with Crippen molar-refractivity contribution in [3.63, 3.8) is 0 Å². The first-order chi connectivity index (χ1) is 12.9. The standard InChI is InChI=1S/C22H28N4O/c1-16(2)13-22(3)20(24-14-17-8-5-4-6-9-17)25-21(23)26(22)15-18-10-7-11-19(27)12-18/h4-12,16,27H,13-15H2,1-3H3,(H2,23,24,25). The van der Waals surface area contributed by atoms with Gasteiger partial charge in [0.1, 0.15) is 11.3 Å². The molecule has 2 aromatic rings. The van der Waals surface area contributed by atoms with Crippen LogP contribution in [0.3, 0.4) is 0 Å². The Balaban J connectivity index is 1.90. The number of phenols is 1. The topological polar surface area (TPSA) is 74.2 Å². The quantitative estimate of drug-likeness (QED) is 0.816. The van der Waals surface area contributed by atoms with Crippen LogP contribution in [0.15, 0.2) is 64.6 Å². The molecule has 0 amide bonds. The maximum atomic E-state index is 9.79. The van der Waals surface area contributed by atoms with E-state index in [0.717, 1.165) is 23.4 Å². The first-order valence-electron chi connectivity index (χ1n) is 9.37. The molecule has 2 aromatic carbocycles. The third-order valence-electron chi connectivity index (χ3n) is 4.89. The van der Waals surface area contributed by atoms with Crippen LogP contribution < -0.4 is 5.73 Å². The summed E-state index contributed by atoms with van der Waals surface area (Å²) in [5.41, 5.74) is 8.07. The highest BCUT2D eigenvalue weighted by Crippen LogP contribution is 2.33. The van der Waals surface area contributed by atoms with Crippen LogP contribution in [0.5, 0.6) is 5.75 Å². The van der Waals surface area contributed by atoms with Crippen LogP contribution in [0.2, 0.25) is 0 Å². The van der Waals surface area contributed by atoms with Gasteiger partial charge in [0, 0.05) is 6.54 Å². The second-order valence-electron chi connectivity index (χ2n) is 7.72.